The molecule has 0 radical (unpaired) electrons. The Morgan fingerprint density at radius 1 is 0.640 bits per heavy atom. The molecule has 0 aliphatic heterocycles. The Morgan fingerprint density at radius 2 is 1.16 bits per heavy atom. The van der Waals surface area contributed by atoms with Crippen molar-refractivity contribution in [2.75, 3.05) is 0 Å². The summed E-state index contributed by atoms with van der Waals surface area (Å²) in [5, 5.41) is 0. The van der Waals surface area contributed by atoms with Crippen LogP contribution < -0.4 is 0 Å². The van der Waals surface area contributed by atoms with Crippen LogP contribution in [0, 0.1) is 35.5 Å². The predicted octanol–water partition coefficient (Wildman–Crippen LogP) is 8.17. The number of hydrogen-bond donors (Lipinski definition) is 0. The van der Waals surface area contributed by atoms with Crippen molar-refractivity contribution in [2.45, 2.75) is 110 Å². The van der Waals surface area contributed by atoms with Crippen LogP contribution in [0.1, 0.15) is 110 Å². The summed E-state index contributed by atoms with van der Waals surface area (Å²) in [5.74, 6) is 6.54. The van der Waals surface area contributed by atoms with Gasteiger partial charge in [0.1, 0.15) is 0 Å². The summed E-state index contributed by atoms with van der Waals surface area (Å²) < 4.78 is 0. The summed E-state index contributed by atoms with van der Waals surface area (Å²) in [6.07, 6.45) is 27.4. The summed E-state index contributed by atoms with van der Waals surface area (Å²) in [5.41, 5.74) is 0. The molecule has 0 heteroatoms. The van der Waals surface area contributed by atoms with Crippen LogP contribution in [0.3, 0.4) is 0 Å². The van der Waals surface area contributed by atoms with Crippen LogP contribution >= 0.6 is 0 Å². The van der Waals surface area contributed by atoms with Crippen molar-refractivity contribution in [3.8, 4) is 0 Å². The molecule has 3 saturated carbocycles. The zero-order chi connectivity index (χ0) is 17.5. The standard InChI is InChI=1S/C25H44/c1-3-5-6-8-20-9-12-22(13-10-20)23-15-17-24(18-16-23)25-14-11-21(19-25)7-4-2/h3,5,20-25H,4,6-19H2,1-2H3. The summed E-state index contributed by atoms with van der Waals surface area (Å²) in [6, 6.07) is 0. The van der Waals surface area contributed by atoms with Gasteiger partial charge in [-0.25, -0.2) is 0 Å². The lowest BCUT2D eigenvalue weighted by molar-refractivity contribution is 0.123. The molecule has 3 aliphatic rings. The minimum Gasteiger partial charge on any atom is -0.0917 e. The first-order valence-electron chi connectivity index (χ1n) is 11.9. The Morgan fingerprint density at radius 3 is 1.76 bits per heavy atom. The summed E-state index contributed by atoms with van der Waals surface area (Å²) >= 11 is 0. The lowest BCUT2D eigenvalue weighted by atomic mass is 9.67. The first-order chi connectivity index (χ1) is 12.3. The van der Waals surface area contributed by atoms with Gasteiger partial charge in [-0.3, -0.25) is 0 Å². The normalized spacial score (nSPS) is 39.9. The molecule has 3 aliphatic carbocycles. The van der Waals surface area contributed by atoms with Gasteiger partial charge in [0, 0.05) is 0 Å². The lowest BCUT2D eigenvalue weighted by Gasteiger charge is -2.39. The first kappa shape index (κ1) is 19.5. The van der Waals surface area contributed by atoms with Crippen LogP contribution in [-0.4, -0.2) is 0 Å². The molecule has 2 unspecified atom stereocenters. The van der Waals surface area contributed by atoms with E-state index in [0.717, 1.165) is 35.5 Å². The average Bonchev–Trinajstić information content (AvgIpc) is 3.12. The maximum absolute atomic E-state index is 2.37. The van der Waals surface area contributed by atoms with Crippen LogP contribution in [0.2, 0.25) is 0 Å². The Balaban J connectivity index is 1.34. The number of allylic oxidation sites excluding steroid dienone is 2. The van der Waals surface area contributed by atoms with Gasteiger partial charge in [-0.2, -0.15) is 0 Å². The van der Waals surface area contributed by atoms with Crippen molar-refractivity contribution >= 4 is 0 Å². The second kappa shape index (κ2) is 10.2. The fourth-order valence-electron chi connectivity index (χ4n) is 6.75. The molecule has 0 aromatic heterocycles. The third kappa shape index (κ3) is 5.61. The van der Waals surface area contributed by atoms with Crippen LogP contribution in [0.4, 0.5) is 0 Å². The Kier molecular flexibility index (Phi) is 7.93. The van der Waals surface area contributed by atoms with Crippen LogP contribution in [0.5, 0.6) is 0 Å². The highest BCUT2D eigenvalue weighted by Crippen LogP contribution is 2.47. The third-order valence-corrected chi connectivity index (χ3v) is 8.30. The predicted molar refractivity (Wildman–Crippen MR) is 111 cm³/mol. The first-order valence-corrected chi connectivity index (χ1v) is 11.9. The van der Waals surface area contributed by atoms with E-state index in [-0.39, 0.29) is 0 Å². The maximum atomic E-state index is 2.37. The van der Waals surface area contributed by atoms with Gasteiger partial charge in [0.25, 0.3) is 0 Å². The third-order valence-electron chi connectivity index (χ3n) is 8.30. The van der Waals surface area contributed by atoms with Crippen LogP contribution in [-0.2, 0) is 0 Å². The largest absolute Gasteiger partial charge is 0.0917 e. The van der Waals surface area contributed by atoms with Gasteiger partial charge >= 0.3 is 0 Å². The highest BCUT2D eigenvalue weighted by atomic mass is 14.4. The SMILES string of the molecule is CC=CCCC1CCC(C2CCC(C3CCC(CCC)C3)CC2)CC1. The van der Waals surface area contributed by atoms with E-state index in [1.807, 2.05) is 0 Å². The Bertz CT molecular complexity index is 379. The number of hydrogen-bond acceptors (Lipinski definition) is 0. The van der Waals surface area contributed by atoms with Crippen molar-refractivity contribution in [1.29, 1.82) is 0 Å². The van der Waals surface area contributed by atoms with E-state index in [2.05, 4.69) is 26.0 Å². The molecular weight excluding hydrogens is 300 g/mol. The van der Waals surface area contributed by atoms with E-state index < -0.39 is 0 Å². The minimum atomic E-state index is 1.04. The molecule has 144 valence electrons. The molecule has 0 aromatic carbocycles. The van der Waals surface area contributed by atoms with Gasteiger partial charge in [0.15, 0.2) is 0 Å². The molecule has 2 atom stereocenters. The van der Waals surface area contributed by atoms with Gasteiger partial charge in [-0.05, 0) is 107 Å². The molecule has 0 spiro atoms. The summed E-state index contributed by atoms with van der Waals surface area (Å²) in [4.78, 5) is 0. The van der Waals surface area contributed by atoms with Crippen molar-refractivity contribution < 1.29 is 0 Å². The van der Waals surface area contributed by atoms with Crippen LogP contribution in [0.25, 0.3) is 0 Å². The van der Waals surface area contributed by atoms with E-state index in [0.29, 0.717) is 0 Å². The van der Waals surface area contributed by atoms with E-state index in [1.54, 1.807) is 57.8 Å². The van der Waals surface area contributed by atoms with Crippen molar-refractivity contribution in [3.63, 3.8) is 0 Å². The van der Waals surface area contributed by atoms with Crippen molar-refractivity contribution in [1.82, 2.24) is 0 Å². The molecule has 3 fully saturated rings. The molecule has 25 heavy (non-hydrogen) atoms. The zero-order valence-corrected chi connectivity index (χ0v) is 17.2. The summed E-state index contributed by atoms with van der Waals surface area (Å²) in [7, 11) is 0. The Labute approximate surface area is 158 Å². The zero-order valence-electron chi connectivity index (χ0n) is 17.2. The minimum absolute atomic E-state index is 1.04. The van der Waals surface area contributed by atoms with Gasteiger partial charge in [0.2, 0.25) is 0 Å². The Hall–Kier alpha value is -0.260. The molecule has 0 aromatic rings. The molecule has 0 heterocycles. The monoisotopic (exact) mass is 344 g/mol. The van der Waals surface area contributed by atoms with E-state index in [4.69, 9.17) is 0 Å². The second-order valence-electron chi connectivity index (χ2n) is 9.83. The average molecular weight is 345 g/mol. The fourth-order valence-corrected chi connectivity index (χ4v) is 6.75. The van der Waals surface area contributed by atoms with Gasteiger partial charge < -0.3 is 0 Å². The lowest BCUT2D eigenvalue weighted by Crippen LogP contribution is -2.27. The van der Waals surface area contributed by atoms with Gasteiger partial charge in [-0.1, -0.05) is 51.2 Å². The van der Waals surface area contributed by atoms with Crippen molar-refractivity contribution in [2.24, 2.45) is 35.5 Å². The quantitative estimate of drug-likeness (QED) is 0.408. The topological polar surface area (TPSA) is 0 Å². The number of rotatable bonds is 7. The highest BCUT2D eigenvalue weighted by Gasteiger charge is 2.35. The maximum Gasteiger partial charge on any atom is -0.0348 e. The molecule has 0 nitrogen and oxygen atoms in total. The molecule has 0 amide bonds. The smallest absolute Gasteiger partial charge is 0.0348 e. The van der Waals surface area contributed by atoms with Gasteiger partial charge in [0.05, 0.1) is 0 Å². The molecule has 3 rings (SSSR count). The van der Waals surface area contributed by atoms with E-state index >= 15 is 0 Å². The van der Waals surface area contributed by atoms with E-state index in [9.17, 15) is 0 Å². The molecular formula is C25H44. The highest BCUT2D eigenvalue weighted by molar-refractivity contribution is 4.87. The fraction of sp³-hybridized carbons (Fsp3) is 0.920. The van der Waals surface area contributed by atoms with Crippen molar-refractivity contribution in [3.05, 3.63) is 12.2 Å². The molecule has 0 bridgehead atoms. The van der Waals surface area contributed by atoms with Crippen LogP contribution in [0.15, 0.2) is 12.2 Å². The summed E-state index contributed by atoms with van der Waals surface area (Å²) in [6.45, 7) is 4.52. The van der Waals surface area contributed by atoms with E-state index in [1.165, 1.54) is 38.5 Å². The van der Waals surface area contributed by atoms with Gasteiger partial charge in [-0.15, -0.1) is 0 Å². The molecule has 0 saturated heterocycles. The second-order valence-corrected chi connectivity index (χ2v) is 9.83. The molecule has 0 N–H and O–H groups in total.